The maximum Gasteiger partial charge on any atom is 0.269 e. The highest BCUT2D eigenvalue weighted by Gasteiger charge is 2.08. The van der Waals surface area contributed by atoms with Crippen LogP contribution in [-0.4, -0.2) is 19.3 Å². The Morgan fingerprint density at radius 1 is 1.21 bits per heavy atom. The molecule has 0 saturated heterocycles. The van der Waals surface area contributed by atoms with Crippen LogP contribution in [0, 0.1) is 10.1 Å². The zero-order valence-corrected chi connectivity index (χ0v) is 11.3. The van der Waals surface area contributed by atoms with Gasteiger partial charge in [-0.1, -0.05) is 0 Å². The lowest BCUT2D eigenvalue weighted by Gasteiger charge is -1.95. The van der Waals surface area contributed by atoms with Crippen LogP contribution in [0.5, 0.6) is 0 Å². The van der Waals surface area contributed by atoms with Gasteiger partial charge in [-0.15, -0.1) is 17.0 Å². The molecular formula is C12H9BrN4O2. The molecule has 0 spiro atoms. The van der Waals surface area contributed by atoms with Crippen LogP contribution in [0.2, 0.25) is 0 Å². The normalized spacial score (nSPS) is 10.1. The molecular weight excluding hydrogens is 312 g/mol. The van der Waals surface area contributed by atoms with Gasteiger partial charge in [0.25, 0.3) is 5.69 Å². The Kier molecular flexibility index (Phi) is 3.57. The Bertz CT molecular complexity index is 691. The van der Waals surface area contributed by atoms with E-state index in [1.165, 1.54) is 12.1 Å². The molecule has 0 bridgehead atoms. The highest BCUT2D eigenvalue weighted by atomic mass is 79.9. The third kappa shape index (κ3) is 2.45. The molecule has 6 nitrogen and oxygen atoms in total. The van der Waals surface area contributed by atoms with E-state index >= 15 is 0 Å². The van der Waals surface area contributed by atoms with Gasteiger partial charge in [0.05, 0.1) is 10.6 Å². The highest BCUT2D eigenvalue weighted by Crippen LogP contribution is 2.21. The van der Waals surface area contributed by atoms with E-state index in [0.717, 1.165) is 11.3 Å². The number of non-ortho nitro benzene ring substituents is 1. The van der Waals surface area contributed by atoms with Crippen molar-refractivity contribution in [2.24, 2.45) is 0 Å². The molecule has 96 valence electrons. The van der Waals surface area contributed by atoms with Gasteiger partial charge >= 0.3 is 0 Å². The van der Waals surface area contributed by atoms with Crippen molar-refractivity contribution in [2.45, 2.75) is 0 Å². The zero-order valence-electron chi connectivity index (χ0n) is 9.63. The van der Waals surface area contributed by atoms with Gasteiger partial charge < -0.3 is 0 Å². The van der Waals surface area contributed by atoms with Crippen molar-refractivity contribution < 1.29 is 4.92 Å². The molecule has 0 N–H and O–H groups in total. The molecule has 0 atom stereocenters. The molecule has 1 aromatic carbocycles. The van der Waals surface area contributed by atoms with Gasteiger partial charge in [0.1, 0.15) is 0 Å². The van der Waals surface area contributed by atoms with Crippen LogP contribution in [0.4, 0.5) is 5.69 Å². The monoisotopic (exact) mass is 320 g/mol. The van der Waals surface area contributed by atoms with E-state index < -0.39 is 4.92 Å². The lowest BCUT2D eigenvalue weighted by atomic mass is 10.1. The van der Waals surface area contributed by atoms with Gasteiger partial charge in [0.2, 0.25) is 5.78 Å². The third-order valence-corrected chi connectivity index (χ3v) is 2.61. The summed E-state index contributed by atoms with van der Waals surface area (Å²) in [6.45, 7) is 0. The summed E-state index contributed by atoms with van der Waals surface area (Å²) in [6.07, 6.45) is 5.36. The summed E-state index contributed by atoms with van der Waals surface area (Å²) in [5.41, 5.74) is 1.63. The number of rotatable bonds is 2. The van der Waals surface area contributed by atoms with Gasteiger partial charge in [-0.3, -0.25) is 14.5 Å². The number of benzene rings is 1. The molecule has 19 heavy (non-hydrogen) atoms. The topological polar surface area (TPSA) is 73.3 Å². The second-order valence-electron chi connectivity index (χ2n) is 3.76. The van der Waals surface area contributed by atoms with Gasteiger partial charge in [-0.05, 0) is 18.2 Å². The molecule has 2 heterocycles. The first-order valence-electron chi connectivity index (χ1n) is 5.28. The van der Waals surface area contributed by atoms with Crippen molar-refractivity contribution in [3.63, 3.8) is 0 Å². The van der Waals surface area contributed by atoms with Gasteiger partial charge in [-0.25, -0.2) is 9.97 Å². The van der Waals surface area contributed by atoms with E-state index in [4.69, 9.17) is 0 Å². The predicted molar refractivity (Wildman–Crippen MR) is 75.4 cm³/mol. The van der Waals surface area contributed by atoms with E-state index in [-0.39, 0.29) is 22.7 Å². The van der Waals surface area contributed by atoms with E-state index in [1.807, 2.05) is 18.5 Å². The van der Waals surface area contributed by atoms with Crippen molar-refractivity contribution >= 4 is 28.4 Å². The standard InChI is InChI=1S/C12H8N4O2.BrH/c17-16(18)10-4-2-9(3-5-10)11-8-15-7-1-6-13-12(15)14-11;/h1-8H;1H. The SMILES string of the molecule is Br.O=[N+]([O-])c1ccc(-c2cn3cccnc3n2)cc1. The Morgan fingerprint density at radius 2 is 1.95 bits per heavy atom. The first-order chi connectivity index (χ1) is 8.74. The zero-order chi connectivity index (χ0) is 12.5. The molecule has 0 radical (unpaired) electrons. The van der Waals surface area contributed by atoms with Crippen molar-refractivity contribution in [1.82, 2.24) is 14.4 Å². The number of nitro benzene ring substituents is 1. The van der Waals surface area contributed by atoms with Gasteiger partial charge in [-0.2, -0.15) is 0 Å². The quantitative estimate of drug-likeness (QED) is 0.537. The van der Waals surface area contributed by atoms with E-state index in [0.29, 0.717) is 5.78 Å². The van der Waals surface area contributed by atoms with Crippen LogP contribution in [0.15, 0.2) is 48.9 Å². The number of halogens is 1. The van der Waals surface area contributed by atoms with Gasteiger partial charge in [0, 0.05) is 36.3 Å². The minimum Gasteiger partial charge on any atom is -0.291 e. The Hall–Kier alpha value is -2.28. The number of hydrogen-bond acceptors (Lipinski definition) is 4. The molecule has 0 aliphatic heterocycles. The Balaban J connectivity index is 0.00000133. The lowest BCUT2D eigenvalue weighted by Crippen LogP contribution is -1.87. The van der Waals surface area contributed by atoms with E-state index in [9.17, 15) is 10.1 Å². The average molecular weight is 321 g/mol. The number of imidazole rings is 1. The number of aromatic nitrogens is 3. The summed E-state index contributed by atoms with van der Waals surface area (Å²) < 4.78 is 1.80. The molecule has 0 aliphatic rings. The van der Waals surface area contributed by atoms with Crippen LogP contribution in [0.1, 0.15) is 0 Å². The fourth-order valence-corrected chi connectivity index (χ4v) is 1.72. The third-order valence-electron chi connectivity index (χ3n) is 2.61. The Labute approximate surface area is 118 Å². The van der Waals surface area contributed by atoms with Crippen molar-refractivity contribution in [3.8, 4) is 11.3 Å². The molecule has 0 unspecified atom stereocenters. The minimum atomic E-state index is -0.422. The smallest absolute Gasteiger partial charge is 0.269 e. The molecule has 0 fully saturated rings. The first-order valence-corrected chi connectivity index (χ1v) is 5.28. The second-order valence-corrected chi connectivity index (χ2v) is 3.76. The van der Waals surface area contributed by atoms with Crippen LogP contribution < -0.4 is 0 Å². The summed E-state index contributed by atoms with van der Waals surface area (Å²) in [6, 6.07) is 8.10. The maximum absolute atomic E-state index is 10.6. The molecule has 0 saturated carbocycles. The second kappa shape index (κ2) is 5.15. The number of nitrogens with zero attached hydrogens (tertiary/aromatic N) is 4. The number of hydrogen-bond donors (Lipinski definition) is 0. The van der Waals surface area contributed by atoms with Crippen molar-refractivity contribution in [3.05, 3.63) is 59.0 Å². The molecule has 2 aromatic heterocycles. The van der Waals surface area contributed by atoms with E-state index in [2.05, 4.69) is 9.97 Å². The number of nitro groups is 1. The fourth-order valence-electron chi connectivity index (χ4n) is 1.72. The highest BCUT2D eigenvalue weighted by molar-refractivity contribution is 8.93. The van der Waals surface area contributed by atoms with E-state index in [1.54, 1.807) is 22.7 Å². The lowest BCUT2D eigenvalue weighted by molar-refractivity contribution is -0.384. The van der Waals surface area contributed by atoms with Gasteiger partial charge in [0.15, 0.2) is 0 Å². The summed E-state index contributed by atoms with van der Waals surface area (Å²) >= 11 is 0. The molecule has 0 aliphatic carbocycles. The fraction of sp³-hybridized carbons (Fsp3) is 0. The van der Waals surface area contributed by atoms with Crippen LogP contribution >= 0.6 is 17.0 Å². The summed E-state index contributed by atoms with van der Waals surface area (Å²) in [7, 11) is 0. The summed E-state index contributed by atoms with van der Waals surface area (Å²) in [4.78, 5) is 18.6. The predicted octanol–water partition coefficient (Wildman–Crippen LogP) is 2.88. The van der Waals surface area contributed by atoms with Crippen molar-refractivity contribution in [2.75, 3.05) is 0 Å². The molecule has 7 heteroatoms. The van der Waals surface area contributed by atoms with Crippen LogP contribution in [-0.2, 0) is 0 Å². The summed E-state index contributed by atoms with van der Waals surface area (Å²) in [5.74, 6) is 0.603. The molecule has 3 rings (SSSR count). The molecule has 3 aromatic rings. The average Bonchev–Trinajstić information content (AvgIpc) is 2.82. The largest absolute Gasteiger partial charge is 0.291 e. The molecule has 0 amide bonds. The summed E-state index contributed by atoms with van der Waals surface area (Å²) in [5, 5.41) is 10.6. The maximum atomic E-state index is 10.6. The van der Waals surface area contributed by atoms with Crippen LogP contribution in [0.25, 0.3) is 17.0 Å². The van der Waals surface area contributed by atoms with Crippen LogP contribution in [0.3, 0.4) is 0 Å². The minimum absolute atomic E-state index is 0. The van der Waals surface area contributed by atoms with Crippen molar-refractivity contribution in [1.29, 1.82) is 0 Å². The number of fused-ring (bicyclic) bond motifs is 1. The Morgan fingerprint density at radius 3 is 2.58 bits per heavy atom. The first kappa shape index (κ1) is 13.2.